The summed E-state index contributed by atoms with van der Waals surface area (Å²) in [6, 6.07) is 7.89. The lowest BCUT2D eigenvalue weighted by Gasteiger charge is -2.34. The van der Waals surface area contributed by atoms with Gasteiger partial charge in [-0.3, -0.25) is 9.35 Å². The molecule has 0 amide bonds. The molecule has 0 aliphatic heterocycles. The fraction of sp³-hybridized carbons (Fsp3) is 0.500. The molecule has 2 bridgehead atoms. The number of Topliss-reactive ketones (excluding diaryl/α,β-unsaturated/α-hetero) is 1. The Morgan fingerprint density at radius 3 is 2.65 bits per heavy atom. The van der Waals surface area contributed by atoms with Crippen LogP contribution in [0.5, 0.6) is 0 Å². The molecule has 0 radical (unpaired) electrons. The van der Waals surface area contributed by atoms with E-state index in [4.69, 9.17) is 0 Å². The van der Waals surface area contributed by atoms with Crippen molar-refractivity contribution in [3.8, 4) is 0 Å². The fourth-order valence-corrected chi connectivity index (χ4v) is 5.79. The molecule has 124 valence electrons. The van der Waals surface area contributed by atoms with Gasteiger partial charge in [0, 0.05) is 16.4 Å². The smallest absolute Gasteiger partial charge is 0.265 e. The minimum Gasteiger partial charge on any atom is -0.294 e. The van der Waals surface area contributed by atoms with Crippen molar-refractivity contribution >= 4 is 22.0 Å². The molecule has 2 saturated carbocycles. The minimum absolute atomic E-state index is 0.0291. The van der Waals surface area contributed by atoms with Gasteiger partial charge in [-0.05, 0) is 37.3 Å². The number of aryl methyl sites for hydroxylation is 1. The molecule has 3 unspecified atom stereocenters. The fourth-order valence-electron chi connectivity index (χ4n) is 4.51. The van der Waals surface area contributed by atoms with Crippen LogP contribution in [0.1, 0.15) is 37.8 Å². The zero-order valence-corrected chi connectivity index (χ0v) is 14.5. The number of fused-ring (bicyclic) bond motifs is 2. The van der Waals surface area contributed by atoms with Gasteiger partial charge >= 0.3 is 0 Å². The van der Waals surface area contributed by atoms with E-state index < -0.39 is 20.9 Å². The van der Waals surface area contributed by atoms with Gasteiger partial charge in [-0.2, -0.15) is 8.42 Å². The van der Waals surface area contributed by atoms with Crippen LogP contribution >= 0.6 is 0 Å². The van der Waals surface area contributed by atoms with Crippen molar-refractivity contribution in [2.24, 2.45) is 16.7 Å². The van der Waals surface area contributed by atoms with Gasteiger partial charge < -0.3 is 0 Å². The van der Waals surface area contributed by atoms with E-state index in [0.29, 0.717) is 12.0 Å². The number of benzene rings is 1. The van der Waals surface area contributed by atoms with Crippen molar-refractivity contribution in [3.63, 3.8) is 0 Å². The number of hydrogen-bond acceptors (Lipinski definition) is 3. The number of allylic oxidation sites excluding steroid dienone is 1. The third-order valence-electron chi connectivity index (χ3n) is 5.95. The van der Waals surface area contributed by atoms with Crippen molar-refractivity contribution in [2.75, 3.05) is 5.75 Å². The number of hydrogen-bond donors (Lipinski definition) is 1. The van der Waals surface area contributed by atoms with E-state index >= 15 is 0 Å². The van der Waals surface area contributed by atoms with E-state index in [1.807, 2.05) is 51.1 Å². The summed E-state index contributed by atoms with van der Waals surface area (Å²) in [4.78, 5) is 12.9. The summed E-state index contributed by atoms with van der Waals surface area (Å²) in [6.45, 7) is 5.67. The maximum atomic E-state index is 12.9. The highest BCUT2D eigenvalue weighted by Gasteiger charge is 2.67. The van der Waals surface area contributed by atoms with Crippen molar-refractivity contribution in [1.29, 1.82) is 0 Å². The zero-order valence-electron chi connectivity index (χ0n) is 13.7. The molecule has 3 atom stereocenters. The molecule has 1 N–H and O–H groups in total. The maximum Gasteiger partial charge on any atom is 0.265 e. The van der Waals surface area contributed by atoms with Crippen LogP contribution < -0.4 is 0 Å². The van der Waals surface area contributed by atoms with Crippen LogP contribution in [0, 0.1) is 23.7 Å². The van der Waals surface area contributed by atoms with Crippen LogP contribution in [-0.4, -0.2) is 24.5 Å². The Hall–Kier alpha value is -1.46. The van der Waals surface area contributed by atoms with Crippen LogP contribution in [0.15, 0.2) is 29.8 Å². The second-order valence-corrected chi connectivity index (χ2v) is 8.86. The average molecular weight is 334 g/mol. The van der Waals surface area contributed by atoms with Crippen LogP contribution in [0.3, 0.4) is 0 Å². The second kappa shape index (κ2) is 5.02. The molecule has 0 spiro atoms. The first-order chi connectivity index (χ1) is 10.6. The van der Waals surface area contributed by atoms with Crippen LogP contribution in [0.4, 0.5) is 0 Å². The number of carbonyl (C=O) groups is 1. The van der Waals surface area contributed by atoms with Gasteiger partial charge in [0.25, 0.3) is 10.1 Å². The molecule has 0 heterocycles. The summed E-state index contributed by atoms with van der Waals surface area (Å²) in [7, 11) is -4.14. The van der Waals surface area contributed by atoms with Crippen molar-refractivity contribution in [2.45, 2.75) is 33.6 Å². The van der Waals surface area contributed by atoms with E-state index in [-0.39, 0.29) is 17.5 Å². The Bertz CT molecular complexity index is 808. The van der Waals surface area contributed by atoms with Crippen LogP contribution in [0.25, 0.3) is 6.08 Å². The molecular formula is C18H22O4S. The SMILES string of the molecule is Cc1cccc(/C=C2/C(=O)C3(C)CCC2C3(C)CS(=O)(=O)O)c1. The molecule has 23 heavy (non-hydrogen) atoms. The first kappa shape index (κ1) is 16.4. The third kappa shape index (κ3) is 2.46. The Labute approximate surface area is 137 Å². The van der Waals surface area contributed by atoms with Crippen molar-refractivity contribution < 1.29 is 17.8 Å². The molecule has 2 aliphatic carbocycles. The van der Waals surface area contributed by atoms with E-state index in [0.717, 1.165) is 17.5 Å². The highest BCUT2D eigenvalue weighted by molar-refractivity contribution is 7.85. The maximum absolute atomic E-state index is 12.9. The lowest BCUT2D eigenvalue weighted by Crippen LogP contribution is -2.40. The third-order valence-corrected chi connectivity index (χ3v) is 6.91. The first-order valence-corrected chi connectivity index (χ1v) is 9.46. The van der Waals surface area contributed by atoms with Gasteiger partial charge in [-0.1, -0.05) is 43.7 Å². The molecule has 0 aromatic heterocycles. The summed E-state index contributed by atoms with van der Waals surface area (Å²) in [5.41, 5.74) is 1.31. The van der Waals surface area contributed by atoms with E-state index in [9.17, 15) is 17.8 Å². The Morgan fingerprint density at radius 2 is 2.04 bits per heavy atom. The monoisotopic (exact) mass is 334 g/mol. The lowest BCUT2D eigenvalue weighted by atomic mass is 9.70. The summed E-state index contributed by atoms with van der Waals surface area (Å²) in [5, 5.41) is 0. The Morgan fingerprint density at radius 1 is 1.35 bits per heavy atom. The van der Waals surface area contributed by atoms with Crippen molar-refractivity contribution in [3.05, 3.63) is 41.0 Å². The van der Waals surface area contributed by atoms with Crippen molar-refractivity contribution in [1.82, 2.24) is 0 Å². The summed E-state index contributed by atoms with van der Waals surface area (Å²) in [5.74, 6) is -0.457. The Balaban J connectivity index is 2.08. The van der Waals surface area contributed by atoms with Gasteiger partial charge in [0.15, 0.2) is 5.78 Å². The molecule has 0 saturated heterocycles. The van der Waals surface area contributed by atoms with Crippen LogP contribution in [-0.2, 0) is 14.9 Å². The second-order valence-electron chi connectivity index (χ2n) is 7.41. The molecule has 2 aliphatic rings. The predicted octanol–water partition coefficient (Wildman–Crippen LogP) is 3.27. The standard InChI is InChI=1S/C18H22O4S/c1-12-5-4-6-13(9-12)10-14-15-7-8-17(2,16(14)19)18(15,3)11-23(20,21)22/h4-6,9-10,15H,7-8,11H2,1-3H3,(H,20,21,22)/b14-10+. The molecule has 5 heteroatoms. The molecular weight excluding hydrogens is 312 g/mol. The quantitative estimate of drug-likeness (QED) is 0.680. The average Bonchev–Trinajstić information content (AvgIpc) is 2.72. The van der Waals surface area contributed by atoms with Gasteiger partial charge in [0.1, 0.15) is 0 Å². The van der Waals surface area contributed by atoms with E-state index in [2.05, 4.69) is 0 Å². The molecule has 1 aromatic carbocycles. The minimum atomic E-state index is -4.14. The summed E-state index contributed by atoms with van der Waals surface area (Å²) < 4.78 is 32.4. The van der Waals surface area contributed by atoms with Gasteiger partial charge in [-0.15, -0.1) is 0 Å². The highest BCUT2D eigenvalue weighted by Crippen LogP contribution is 2.66. The summed E-state index contributed by atoms with van der Waals surface area (Å²) >= 11 is 0. The number of ketones is 1. The van der Waals surface area contributed by atoms with Crippen LogP contribution in [0.2, 0.25) is 0 Å². The predicted molar refractivity (Wildman–Crippen MR) is 89.5 cm³/mol. The molecule has 4 nitrogen and oxygen atoms in total. The normalized spacial score (nSPS) is 35.2. The number of carbonyl (C=O) groups excluding carboxylic acids is 1. The zero-order chi connectivity index (χ0) is 17.0. The largest absolute Gasteiger partial charge is 0.294 e. The topological polar surface area (TPSA) is 71.4 Å². The molecule has 2 fully saturated rings. The molecule has 3 rings (SSSR count). The van der Waals surface area contributed by atoms with Gasteiger partial charge in [0.2, 0.25) is 0 Å². The Kier molecular flexibility index (Phi) is 3.58. The highest BCUT2D eigenvalue weighted by atomic mass is 32.2. The number of rotatable bonds is 3. The first-order valence-electron chi connectivity index (χ1n) is 7.85. The lowest BCUT2D eigenvalue weighted by molar-refractivity contribution is -0.125. The van der Waals surface area contributed by atoms with E-state index in [1.54, 1.807) is 0 Å². The molecule has 1 aromatic rings. The van der Waals surface area contributed by atoms with Gasteiger partial charge in [0.05, 0.1) is 5.75 Å². The van der Waals surface area contributed by atoms with E-state index in [1.165, 1.54) is 0 Å². The van der Waals surface area contributed by atoms with Gasteiger partial charge in [-0.25, -0.2) is 0 Å². The summed E-state index contributed by atoms with van der Waals surface area (Å²) in [6.07, 6.45) is 3.35.